The standard InChI is InChI=1S/C31H30F3N3O2/c1-36(25-16-15-22-11-5-6-12-23(22)18-25)30(39)24(17-21-9-3-2-4-10-21)19-26(38)20-37-28-14-8-7-13-27(28)29(35-37)31(32,33)34/h2-6,9-12,15-16,18,24H,7-8,13-14,17,19-20H2,1H3/t24-/m1/s1. The average molecular weight is 534 g/mol. The molecule has 0 saturated carbocycles. The second-order valence-corrected chi connectivity index (χ2v) is 10.2. The third-order valence-corrected chi connectivity index (χ3v) is 7.45. The summed E-state index contributed by atoms with van der Waals surface area (Å²) in [7, 11) is 1.69. The summed E-state index contributed by atoms with van der Waals surface area (Å²) in [5.41, 5.74) is 1.42. The number of halogens is 3. The van der Waals surface area contributed by atoms with Crippen molar-refractivity contribution >= 4 is 28.2 Å². The number of alkyl halides is 3. The minimum atomic E-state index is -4.57. The van der Waals surface area contributed by atoms with Crippen molar-refractivity contribution in [3.63, 3.8) is 0 Å². The zero-order chi connectivity index (χ0) is 27.6. The Morgan fingerprint density at radius 3 is 2.38 bits per heavy atom. The molecule has 3 aromatic carbocycles. The highest BCUT2D eigenvalue weighted by Crippen LogP contribution is 2.36. The summed E-state index contributed by atoms with van der Waals surface area (Å²) >= 11 is 0. The molecule has 1 aliphatic carbocycles. The molecule has 39 heavy (non-hydrogen) atoms. The molecule has 1 aliphatic rings. The second kappa shape index (κ2) is 11.0. The van der Waals surface area contributed by atoms with E-state index in [0.29, 0.717) is 37.1 Å². The van der Waals surface area contributed by atoms with E-state index in [4.69, 9.17) is 0 Å². The highest BCUT2D eigenvalue weighted by molar-refractivity contribution is 5.99. The Morgan fingerprint density at radius 2 is 1.64 bits per heavy atom. The number of amides is 1. The summed E-state index contributed by atoms with van der Waals surface area (Å²) < 4.78 is 42.1. The molecule has 0 spiro atoms. The molecule has 4 aromatic rings. The molecule has 0 unspecified atom stereocenters. The van der Waals surface area contributed by atoms with Gasteiger partial charge in [0.1, 0.15) is 0 Å². The Morgan fingerprint density at radius 1 is 0.949 bits per heavy atom. The van der Waals surface area contributed by atoms with Crippen LogP contribution < -0.4 is 4.90 Å². The lowest BCUT2D eigenvalue weighted by Gasteiger charge is -2.24. The second-order valence-electron chi connectivity index (χ2n) is 10.2. The fourth-order valence-corrected chi connectivity index (χ4v) is 5.47. The van der Waals surface area contributed by atoms with Crippen LogP contribution in [0.4, 0.5) is 18.9 Å². The Hall–Kier alpha value is -3.94. The van der Waals surface area contributed by atoms with Crippen LogP contribution in [-0.4, -0.2) is 28.5 Å². The van der Waals surface area contributed by atoms with Gasteiger partial charge in [-0.15, -0.1) is 0 Å². The molecule has 0 bridgehead atoms. The van der Waals surface area contributed by atoms with Gasteiger partial charge in [-0.3, -0.25) is 14.3 Å². The van der Waals surface area contributed by atoms with E-state index in [0.717, 1.165) is 22.8 Å². The fraction of sp³-hybridized carbons (Fsp3) is 0.323. The van der Waals surface area contributed by atoms with Crippen LogP contribution in [-0.2, 0) is 41.6 Å². The highest BCUT2D eigenvalue weighted by atomic mass is 19.4. The number of carbonyl (C=O) groups is 2. The number of ketones is 1. The van der Waals surface area contributed by atoms with Gasteiger partial charge in [0.2, 0.25) is 5.91 Å². The summed E-state index contributed by atoms with van der Waals surface area (Å²) in [5.74, 6) is -1.22. The molecule has 0 aliphatic heterocycles. The molecule has 0 N–H and O–H groups in total. The number of nitrogens with zero attached hydrogens (tertiary/aromatic N) is 3. The molecule has 1 amide bonds. The molecule has 1 atom stereocenters. The molecule has 202 valence electrons. The first kappa shape index (κ1) is 26.7. The van der Waals surface area contributed by atoms with E-state index >= 15 is 0 Å². The molecular weight excluding hydrogens is 503 g/mol. The van der Waals surface area contributed by atoms with Gasteiger partial charge in [0.05, 0.1) is 6.54 Å². The maximum absolute atomic E-state index is 13.7. The van der Waals surface area contributed by atoms with E-state index in [2.05, 4.69) is 5.10 Å². The lowest BCUT2D eigenvalue weighted by Crippen LogP contribution is -2.35. The number of hydrogen-bond acceptors (Lipinski definition) is 3. The van der Waals surface area contributed by atoms with Crippen LogP contribution in [0.15, 0.2) is 72.8 Å². The van der Waals surface area contributed by atoms with Crippen LogP contribution in [0, 0.1) is 5.92 Å². The molecule has 1 aromatic heterocycles. The average Bonchev–Trinajstić information content (AvgIpc) is 3.31. The normalized spacial score (nSPS) is 14.2. The predicted octanol–water partition coefficient (Wildman–Crippen LogP) is 6.42. The van der Waals surface area contributed by atoms with E-state index in [9.17, 15) is 22.8 Å². The van der Waals surface area contributed by atoms with Crippen LogP contribution in [0.1, 0.15) is 41.8 Å². The zero-order valence-corrected chi connectivity index (χ0v) is 21.7. The van der Waals surface area contributed by atoms with Crippen molar-refractivity contribution in [2.75, 3.05) is 11.9 Å². The smallest absolute Gasteiger partial charge is 0.315 e. The van der Waals surface area contributed by atoms with E-state index in [1.54, 1.807) is 11.9 Å². The van der Waals surface area contributed by atoms with Crippen LogP contribution in [0.2, 0.25) is 0 Å². The monoisotopic (exact) mass is 533 g/mol. The van der Waals surface area contributed by atoms with Gasteiger partial charge in [0.15, 0.2) is 11.5 Å². The molecule has 1 heterocycles. The predicted molar refractivity (Wildman–Crippen MR) is 144 cm³/mol. The summed E-state index contributed by atoms with van der Waals surface area (Å²) in [6.07, 6.45) is -2.12. The van der Waals surface area contributed by atoms with Crippen molar-refractivity contribution in [3.8, 4) is 0 Å². The Balaban J connectivity index is 1.39. The van der Waals surface area contributed by atoms with Crippen molar-refractivity contribution in [2.45, 2.75) is 51.2 Å². The molecule has 0 fully saturated rings. The molecule has 5 rings (SSSR count). The summed E-state index contributed by atoms with van der Waals surface area (Å²) in [6, 6.07) is 23.0. The van der Waals surface area contributed by atoms with Gasteiger partial charge in [0, 0.05) is 36.3 Å². The first-order valence-electron chi connectivity index (χ1n) is 13.2. The maximum Gasteiger partial charge on any atom is 0.435 e. The molecule has 5 nitrogen and oxygen atoms in total. The summed E-state index contributed by atoms with van der Waals surface area (Å²) in [4.78, 5) is 28.6. The van der Waals surface area contributed by atoms with Crippen molar-refractivity contribution in [1.82, 2.24) is 9.78 Å². The number of anilines is 1. The van der Waals surface area contributed by atoms with Crippen molar-refractivity contribution < 1.29 is 22.8 Å². The topological polar surface area (TPSA) is 55.2 Å². The van der Waals surface area contributed by atoms with Crippen molar-refractivity contribution in [3.05, 3.63) is 95.3 Å². The number of aromatic nitrogens is 2. The number of carbonyl (C=O) groups excluding carboxylic acids is 2. The number of benzene rings is 3. The molecule has 0 radical (unpaired) electrons. The Bertz CT molecular complexity index is 1490. The van der Waals surface area contributed by atoms with Crippen LogP contribution in [0.25, 0.3) is 10.8 Å². The van der Waals surface area contributed by atoms with E-state index < -0.39 is 17.8 Å². The van der Waals surface area contributed by atoms with Gasteiger partial charge >= 0.3 is 6.18 Å². The minimum Gasteiger partial charge on any atom is -0.315 e. The number of rotatable bonds is 8. The van der Waals surface area contributed by atoms with Gasteiger partial charge in [-0.2, -0.15) is 18.3 Å². The minimum absolute atomic E-state index is 0.0956. The van der Waals surface area contributed by atoms with Crippen molar-refractivity contribution in [1.29, 1.82) is 0 Å². The Kier molecular flexibility index (Phi) is 7.55. The summed E-state index contributed by atoms with van der Waals surface area (Å²) in [6.45, 7) is -0.281. The van der Waals surface area contributed by atoms with Gasteiger partial charge < -0.3 is 4.90 Å². The lowest BCUT2D eigenvalue weighted by molar-refractivity contribution is -0.142. The first-order valence-corrected chi connectivity index (χ1v) is 13.2. The number of hydrogen-bond donors (Lipinski definition) is 0. The first-order chi connectivity index (χ1) is 18.7. The number of Topliss-reactive ketones (excluding diaryl/α,β-unsaturated/α-hetero) is 1. The van der Waals surface area contributed by atoms with E-state index in [1.165, 1.54) is 4.68 Å². The van der Waals surface area contributed by atoms with Gasteiger partial charge in [-0.25, -0.2) is 0 Å². The van der Waals surface area contributed by atoms with Crippen LogP contribution >= 0.6 is 0 Å². The SMILES string of the molecule is CN(C(=O)[C@@H](CC(=O)Cn1nc(C(F)(F)F)c2c1CCCC2)Cc1ccccc1)c1ccc2ccccc2c1. The quantitative estimate of drug-likeness (QED) is 0.263. The van der Waals surface area contributed by atoms with Crippen LogP contribution in [0.5, 0.6) is 0 Å². The highest BCUT2D eigenvalue weighted by Gasteiger charge is 2.39. The van der Waals surface area contributed by atoms with Gasteiger partial charge in [-0.1, -0.05) is 60.7 Å². The van der Waals surface area contributed by atoms with E-state index in [1.807, 2.05) is 72.8 Å². The van der Waals surface area contributed by atoms with E-state index in [-0.39, 0.29) is 30.2 Å². The molecule has 0 saturated heterocycles. The Labute approximate surface area is 225 Å². The summed E-state index contributed by atoms with van der Waals surface area (Å²) in [5, 5.41) is 5.88. The van der Waals surface area contributed by atoms with Crippen LogP contribution in [0.3, 0.4) is 0 Å². The third-order valence-electron chi connectivity index (χ3n) is 7.45. The van der Waals surface area contributed by atoms with Gasteiger partial charge in [-0.05, 0) is 60.6 Å². The molecular formula is C31H30F3N3O2. The largest absolute Gasteiger partial charge is 0.435 e. The zero-order valence-electron chi connectivity index (χ0n) is 21.7. The lowest BCUT2D eigenvalue weighted by atomic mass is 9.92. The fourth-order valence-electron chi connectivity index (χ4n) is 5.47. The number of fused-ring (bicyclic) bond motifs is 2. The third kappa shape index (κ3) is 5.90. The molecule has 8 heteroatoms. The maximum atomic E-state index is 13.7. The van der Waals surface area contributed by atoms with Gasteiger partial charge in [0.25, 0.3) is 0 Å². The van der Waals surface area contributed by atoms with Crippen molar-refractivity contribution in [2.24, 2.45) is 5.92 Å².